The van der Waals surface area contributed by atoms with Gasteiger partial charge in [0.2, 0.25) is 0 Å². The third kappa shape index (κ3) is 4.03. The standard InChI is InChI=1S/C22H18F2N2O4/c1-14(16-6-3-2-4-7-16)25-20(27)17-8-5-11-26(21(17)28)13-15-9-10-18-19(12-15)30-22(23,24)29-18/h2-12,14H,13H2,1H3,(H,25,27). The second-order valence-corrected chi connectivity index (χ2v) is 6.91. The molecule has 1 aliphatic rings. The summed E-state index contributed by atoms with van der Waals surface area (Å²) in [6.07, 6.45) is -2.18. The minimum absolute atomic E-state index is 0.00689. The Balaban J connectivity index is 1.53. The van der Waals surface area contributed by atoms with Crippen molar-refractivity contribution >= 4 is 5.91 Å². The number of benzene rings is 2. The van der Waals surface area contributed by atoms with Crippen LogP contribution < -0.4 is 20.3 Å². The van der Waals surface area contributed by atoms with Crippen LogP contribution in [0.15, 0.2) is 71.7 Å². The first-order chi connectivity index (χ1) is 14.3. The number of nitrogens with zero attached hydrogens (tertiary/aromatic N) is 1. The van der Waals surface area contributed by atoms with E-state index in [-0.39, 0.29) is 29.6 Å². The highest BCUT2D eigenvalue weighted by atomic mass is 19.3. The minimum atomic E-state index is -3.70. The average molecular weight is 412 g/mol. The van der Waals surface area contributed by atoms with Crippen LogP contribution in [0.5, 0.6) is 11.5 Å². The molecule has 0 saturated heterocycles. The maximum absolute atomic E-state index is 13.2. The van der Waals surface area contributed by atoms with Crippen molar-refractivity contribution in [2.24, 2.45) is 0 Å². The Hall–Kier alpha value is -3.68. The molecule has 4 rings (SSSR count). The molecular weight excluding hydrogens is 394 g/mol. The van der Waals surface area contributed by atoms with Crippen molar-refractivity contribution in [3.05, 3.63) is 93.9 Å². The van der Waals surface area contributed by atoms with Gasteiger partial charge in [0.15, 0.2) is 11.5 Å². The predicted octanol–water partition coefficient (Wildman–Crippen LogP) is 3.71. The molecule has 2 aromatic carbocycles. The van der Waals surface area contributed by atoms with Crippen molar-refractivity contribution in [3.63, 3.8) is 0 Å². The van der Waals surface area contributed by atoms with E-state index in [0.29, 0.717) is 5.56 Å². The van der Waals surface area contributed by atoms with Crippen LogP contribution in [-0.4, -0.2) is 16.8 Å². The molecule has 1 aliphatic heterocycles. The van der Waals surface area contributed by atoms with Crippen LogP contribution in [0, 0.1) is 0 Å². The summed E-state index contributed by atoms with van der Waals surface area (Å²) in [4.78, 5) is 25.4. The van der Waals surface area contributed by atoms with Crippen molar-refractivity contribution in [2.45, 2.75) is 25.8 Å². The van der Waals surface area contributed by atoms with Gasteiger partial charge in [-0.3, -0.25) is 9.59 Å². The molecule has 1 atom stereocenters. The zero-order valence-electron chi connectivity index (χ0n) is 16.0. The van der Waals surface area contributed by atoms with Crippen LogP contribution in [0.3, 0.4) is 0 Å². The Morgan fingerprint density at radius 2 is 1.80 bits per heavy atom. The number of ether oxygens (including phenoxy) is 2. The van der Waals surface area contributed by atoms with Crippen molar-refractivity contribution in [2.75, 3.05) is 0 Å². The summed E-state index contributed by atoms with van der Waals surface area (Å²) in [5, 5.41) is 2.82. The van der Waals surface area contributed by atoms with Crippen LogP contribution in [-0.2, 0) is 6.54 Å². The SMILES string of the molecule is CC(NC(=O)c1cccn(Cc2ccc3c(c2)OC(F)(F)O3)c1=O)c1ccccc1. The van der Waals surface area contributed by atoms with Crippen LogP contribution in [0.4, 0.5) is 8.78 Å². The lowest BCUT2D eigenvalue weighted by Crippen LogP contribution is -2.34. The number of nitrogens with one attached hydrogen (secondary N) is 1. The molecule has 154 valence electrons. The summed E-state index contributed by atoms with van der Waals surface area (Å²) in [5.74, 6) is -0.661. The van der Waals surface area contributed by atoms with Crippen molar-refractivity contribution in [1.29, 1.82) is 0 Å². The third-order valence-corrected chi connectivity index (χ3v) is 4.73. The van der Waals surface area contributed by atoms with E-state index in [1.54, 1.807) is 12.1 Å². The summed E-state index contributed by atoms with van der Waals surface area (Å²) in [5.41, 5.74) is 0.970. The van der Waals surface area contributed by atoms with Gasteiger partial charge in [0, 0.05) is 6.20 Å². The van der Waals surface area contributed by atoms with Gasteiger partial charge in [0.05, 0.1) is 12.6 Å². The predicted molar refractivity (Wildman–Crippen MR) is 105 cm³/mol. The van der Waals surface area contributed by atoms with E-state index in [1.807, 2.05) is 37.3 Å². The van der Waals surface area contributed by atoms with Crippen molar-refractivity contribution in [3.8, 4) is 11.5 Å². The maximum Gasteiger partial charge on any atom is 0.586 e. The monoisotopic (exact) mass is 412 g/mol. The summed E-state index contributed by atoms with van der Waals surface area (Å²) >= 11 is 0. The number of alkyl halides is 2. The average Bonchev–Trinajstić information content (AvgIpc) is 3.03. The zero-order valence-corrected chi connectivity index (χ0v) is 16.0. The van der Waals surface area contributed by atoms with E-state index in [1.165, 1.54) is 29.0 Å². The van der Waals surface area contributed by atoms with E-state index in [0.717, 1.165) is 5.56 Å². The van der Waals surface area contributed by atoms with Crippen LogP contribution in [0.25, 0.3) is 0 Å². The maximum atomic E-state index is 13.2. The Morgan fingerprint density at radius 3 is 2.57 bits per heavy atom. The van der Waals surface area contributed by atoms with E-state index < -0.39 is 17.8 Å². The van der Waals surface area contributed by atoms with Gasteiger partial charge in [-0.25, -0.2) is 0 Å². The summed E-state index contributed by atoms with van der Waals surface area (Å²) < 4.78 is 36.5. The molecule has 0 spiro atoms. The number of carbonyl (C=O) groups is 1. The van der Waals surface area contributed by atoms with Crippen LogP contribution in [0.2, 0.25) is 0 Å². The Kier molecular flexibility index (Phi) is 4.99. The lowest BCUT2D eigenvalue weighted by atomic mass is 10.1. The third-order valence-electron chi connectivity index (χ3n) is 4.73. The molecule has 1 aromatic heterocycles. The molecule has 0 fully saturated rings. The number of halogens is 2. The van der Waals surface area contributed by atoms with E-state index in [2.05, 4.69) is 14.8 Å². The number of hydrogen-bond acceptors (Lipinski definition) is 4. The molecule has 6 nitrogen and oxygen atoms in total. The zero-order chi connectivity index (χ0) is 21.3. The van der Waals surface area contributed by atoms with Gasteiger partial charge in [0.1, 0.15) is 5.56 Å². The minimum Gasteiger partial charge on any atom is -0.395 e. The first kappa shape index (κ1) is 19.6. The molecule has 1 amide bonds. The number of fused-ring (bicyclic) bond motifs is 1. The normalized spacial score (nSPS) is 14.9. The first-order valence-corrected chi connectivity index (χ1v) is 9.26. The fraction of sp³-hybridized carbons (Fsp3) is 0.182. The highest BCUT2D eigenvalue weighted by molar-refractivity contribution is 5.94. The van der Waals surface area contributed by atoms with Gasteiger partial charge in [-0.1, -0.05) is 36.4 Å². The Labute approximate surface area is 170 Å². The highest BCUT2D eigenvalue weighted by Gasteiger charge is 2.43. The number of hydrogen-bond donors (Lipinski definition) is 1. The van der Waals surface area contributed by atoms with E-state index in [4.69, 9.17) is 0 Å². The highest BCUT2D eigenvalue weighted by Crippen LogP contribution is 2.41. The number of rotatable bonds is 5. The molecule has 0 aliphatic carbocycles. The Morgan fingerprint density at radius 1 is 1.07 bits per heavy atom. The second kappa shape index (κ2) is 7.62. The lowest BCUT2D eigenvalue weighted by Gasteiger charge is -2.15. The molecule has 0 saturated carbocycles. The second-order valence-electron chi connectivity index (χ2n) is 6.91. The quantitative estimate of drug-likeness (QED) is 0.694. The molecule has 8 heteroatoms. The number of amides is 1. The van der Waals surface area contributed by atoms with Gasteiger partial charge in [0.25, 0.3) is 11.5 Å². The van der Waals surface area contributed by atoms with Crippen molar-refractivity contribution < 1.29 is 23.0 Å². The largest absolute Gasteiger partial charge is 0.586 e. The summed E-state index contributed by atoms with van der Waals surface area (Å²) in [6, 6.07) is 16.4. The van der Waals surface area contributed by atoms with Gasteiger partial charge >= 0.3 is 6.29 Å². The fourth-order valence-electron chi connectivity index (χ4n) is 3.22. The molecule has 2 heterocycles. The first-order valence-electron chi connectivity index (χ1n) is 9.26. The van der Waals surface area contributed by atoms with E-state index >= 15 is 0 Å². The number of aromatic nitrogens is 1. The summed E-state index contributed by atoms with van der Waals surface area (Å²) in [7, 11) is 0. The van der Waals surface area contributed by atoms with Crippen LogP contribution in [0.1, 0.15) is 34.5 Å². The molecule has 1 N–H and O–H groups in total. The molecule has 30 heavy (non-hydrogen) atoms. The lowest BCUT2D eigenvalue weighted by molar-refractivity contribution is -0.286. The molecule has 3 aromatic rings. The number of carbonyl (C=O) groups excluding carboxylic acids is 1. The van der Waals surface area contributed by atoms with Gasteiger partial charge in [-0.05, 0) is 42.3 Å². The van der Waals surface area contributed by atoms with Gasteiger partial charge in [-0.15, -0.1) is 8.78 Å². The molecule has 0 bridgehead atoms. The molecule has 0 radical (unpaired) electrons. The van der Waals surface area contributed by atoms with Crippen LogP contribution >= 0.6 is 0 Å². The molecule has 1 unspecified atom stereocenters. The summed E-state index contributed by atoms with van der Waals surface area (Å²) in [6.45, 7) is 1.91. The Bertz CT molecular complexity index is 1150. The van der Waals surface area contributed by atoms with E-state index in [9.17, 15) is 18.4 Å². The fourth-order valence-corrected chi connectivity index (χ4v) is 3.22. The topological polar surface area (TPSA) is 69.6 Å². The van der Waals surface area contributed by atoms with Gasteiger partial charge < -0.3 is 19.4 Å². The smallest absolute Gasteiger partial charge is 0.395 e. The van der Waals surface area contributed by atoms with Crippen molar-refractivity contribution in [1.82, 2.24) is 9.88 Å². The number of pyridine rings is 1. The van der Waals surface area contributed by atoms with Gasteiger partial charge in [-0.2, -0.15) is 0 Å². The molecular formula is C22H18F2N2O4.